The van der Waals surface area contributed by atoms with Gasteiger partial charge in [-0.25, -0.2) is 15.0 Å². The van der Waals surface area contributed by atoms with E-state index < -0.39 is 11.9 Å². The number of nitrogens with zero attached hydrogens (tertiary/aromatic N) is 5. The minimum atomic E-state index is -4.39. The van der Waals surface area contributed by atoms with Gasteiger partial charge in [0.2, 0.25) is 0 Å². The van der Waals surface area contributed by atoms with Gasteiger partial charge in [-0.3, -0.25) is 4.98 Å². The molecule has 0 aliphatic carbocycles. The highest BCUT2D eigenvalue weighted by atomic mass is 32.1. The van der Waals surface area contributed by atoms with Crippen LogP contribution >= 0.6 is 11.3 Å². The Bertz CT molecular complexity index is 895. The molecule has 0 aromatic carbocycles. The summed E-state index contributed by atoms with van der Waals surface area (Å²) in [5, 5.41) is 1.63. The Kier molecular flexibility index (Phi) is 4.03. The number of piperidine rings is 1. The predicted octanol–water partition coefficient (Wildman–Crippen LogP) is 3.88. The SMILES string of the molecule is FC(F)(F)c1csc(C2CCCN(c3ccc4nccnc4n3)C2)n1. The summed E-state index contributed by atoms with van der Waals surface area (Å²) in [5.41, 5.74) is 0.481. The molecule has 1 aliphatic rings. The number of rotatable bonds is 2. The van der Waals surface area contributed by atoms with Gasteiger partial charge in [-0.05, 0) is 25.0 Å². The highest BCUT2D eigenvalue weighted by Crippen LogP contribution is 2.35. The van der Waals surface area contributed by atoms with Crippen LogP contribution in [0.2, 0.25) is 0 Å². The van der Waals surface area contributed by atoms with Gasteiger partial charge in [0, 0.05) is 36.8 Å². The molecule has 0 radical (unpaired) electrons. The first-order valence-electron chi connectivity index (χ1n) is 7.86. The van der Waals surface area contributed by atoms with Gasteiger partial charge in [-0.15, -0.1) is 11.3 Å². The van der Waals surface area contributed by atoms with Crippen molar-refractivity contribution in [3.05, 3.63) is 40.6 Å². The van der Waals surface area contributed by atoms with Crippen molar-refractivity contribution >= 4 is 28.3 Å². The lowest BCUT2D eigenvalue weighted by atomic mass is 9.98. The zero-order valence-corrected chi connectivity index (χ0v) is 13.9. The molecule has 9 heteroatoms. The molecule has 1 atom stereocenters. The summed E-state index contributed by atoms with van der Waals surface area (Å²) in [4.78, 5) is 18.8. The molecule has 5 nitrogen and oxygen atoms in total. The van der Waals surface area contributed by atoms with Crippen molar-refractivity contribution in [3.8, 4) is 0 Å². The molecule has 1 aliphatic heterocycles. The van der Waals surface area contributed by atoms with Crippen LogP contribution in [0.5, 0.6) is 0 Å². The average molecular weight is 365 g/mol. The first-order valence-corrected chi connectivity index (χ1v) is 8.74. The van der Waals surface area contributed by atoms with Crippen molar-refractivity contribution in [2.24, 2.45) is 0 Å². The molecular formula is C16H14F3N5S. The summed E-state index contributed by atoms with van der Waals surface area (Å²) in [6, 6.07) is 3.74. The third kappa shape index (κ3) is 3.28. The van der Waals surface area contributed by atoms with Gasteiger partial charge in [0.1, 0.15) is 11.3 Å². The van der Waals surface area contributed by atoms with Crippen molar-refractivity contribution in [1.82, 2.24) is 19.9 Å². The number of hydrogen-bond acceptors (Lipinski definition) is 6. The molecule has 0 amide bonds. The minimum absolute atomic E-state index is 0.0193. The van der Waals surface area contributed by atoms with E-state index in [-0.39, 0.29) is 5.92 Å². The quantitative estimate of drug-likeness (QED) is 0.690. The van der Waals surface area contributed by atoms with E-state index in [0.717, 1.165) is 47.4 Å². The molecule has 1 fully saturated rings. The topological polar surface area (TPSA) is 54.8 Å². The maximum Gasteiger partial charge on any atom is 0.434 e. The molecule has 25 heavy (non-hydrogen) atoms. The van der Waals surface area contributed by atoms with Crippen LogP contribution in [-0.4, -0.2) is 33.0 Å². The smallest absolute Gasteiger partial charge is 0.356 e. The Morgan fingerprint density at radius 3 is 2.76 bits per heavy atom. The molecule has 0 N–H and O–H groups in total. The fraction of sp³-hybridized carbons (Fsp3) is 0.375. The number of pyridine rings is 1. The van der Waals surface area contributed by atoms with Crippen LogP contribution in [0.15, 0.2) is 29.9 Å². The Morgan fingerprint density at radius 1 is 1.12 bits per heavy atom. The van der Waals surface area contributed by atoms with Crippen LogP contribution in [0.4, 0.5) is 19.0 Å². The second-order valence-corrected chi connectivity index (χ2v) is 6.81. The van der Waals surface area contributed by atoms with Gasteiger partial charge >= 0.3 is 6.18 Å². The zero-order valence-electron chi connectivity index (χ0n) is 13.1. The third-order valence-corrected chi connectivity index (χ3v) is 5.23. The fourth-order valence-corrected chi connectivity index (χ4v) is 3.97. The monoisotopic (exact) mass is 365 g/mol. The lowest BCUT2D eigenvalue weighted by Crippen LogP contribution is -2.35. The van der Waals surface area contributed by atoms with Gasteiger partial charge in [0.15, 0.2) is 11.3 Å². The van der Waals surface area contributed by atoms with Gasteiger partial charge in [-0.2, -0.15) is 13.2 Å². The first kappa shape index (κ1) is 16.2. The van der Waals surface area contributed by atoms with Gasteiger partial charge in [0.05, 0.1) is 5.01 Å². The van der Waals surface area contributed by atoms with Crippen molar-refractivity contribution in [1.29, 1.82) is 0 Å². The molecular weight excluding hydrogens is 351 g/mol. The largest absolute Gasteiger partial charge is 0.434 e. The standard InChI is InChI=1S/C16H14F3N5S/c17-16(18,19)12-9-25-15(22-12)10-2-1-7-24(8-10)13-4-3-11-14(23-13)21-6-5-20-11/h3-6,9-10H,1-2,7-8H2. The molecule has 0 saturated carbocycles. The van der Waals surface area contributed by atoms with Crippen LogP contribution in [-0.2, 0) is 6.18 Å². The number of fused-ring (bicyclic) bond motifs is 1. The summed E-state index contributed by atoms with van der Waals surface area (Å²) in [5.74, 6) is 0.750. The predicted molar refractivity (Wildman–Crippen MR) is 88.6 cm³/mol. The van der Waals surface area contributed by atoms with Gasteiger partial charge < -0.3 is 4.90 Å². The van der Waals surface area contributed by atoms with E-state index in [1.54, 1.807) is 12.4 Å². The maximum absolute atomic E-state index is 12.8. The van der Waals surface area contributed by atoms with Crippen LogP contribution < -0.4 is 4.90 Å². The van der Waals surface area contributed by atoms with Crippen LogP contribution in [0.25, 0.3) is 11.2 Å². The number of anilines is 1. The molecule has 4 rings (SSSR count). The Balaban J connectivity index is 1.56. The van der Waals surface area contributed by atoms with Gasteiger partial charge in [0.25, 0.3) is 0 Å². The van der Waals surface area contributed by atoms with Crippen LogP contribution in [0, 0.1) is 0 Å². The molecule has 3 aromatic heterocycles. The van der Waals surface area contributed by atoms with Crippen molar-refractivity contribution in [2.75, 3.05) is 18.0 Å². The number of aromatic nitrogens is 4. The Labute approximate surface area is 145 Å². The molecule has 3 aromatic rings. The lowest BCUT2D eigenvalue weighted by Gasteiger charge is -2.32. The van der Waals surface area contributed by atoms with E-state index in [9.17, 15) is 13.2 Å². The second kappa shape index (κ2) is 6.21. The molecule has 0 spiro atoms. The number of alkyl halides is 3. The third-order valence-electron chi connectivity index (χ3n) is 4.22. The lowest BCUT2D eigenvalue weighted by molar-refractivity contribution is -0.140. The van der Waals surface area contributed by atoms with E-state index in [1.807, 2.05) is 12.1 Å². The Morgan fingerprint density at radius 2 is 1.96 bits per heavy atom. The van der Waals surface area contributed by atoms with Crippen LogP contribution in [0.3, 0.4) is 0 Å². The highest BCUT2D eigenvalue weighted by molar-refractivity contribution is 7.09. The summed E-state index contributed by atoms with van der Waals surface area (Å²) in [6.45, 7) is 1.41. The van der Waals surface area contributed by atoms with E-state index in [0.29, 0.717) is 17.2 Å². The van der Waals surface area contributed by atoms with Crippen molar-refractivity contribution in [3.63, 3.8) is 0 Å². The number of hydrogen-bond donors (Lipinski definition) is 0. The number of halogens is 3. The normalized spacial score (nSPS) is 18.7. The summed E-state index contributed by atoms with van der Waals surface area (Å²) < 4.78 is 38.3. The molecule has 130 valence electrons. The first-order chi connectivity index (χ1) is 12.0. The molecule has 4 heterocycles. The fourth-order valence-electron chi connectivity index (χ4n) is 3.01. The van der Waals surface area contributed by atoms with Crippen molar-refractivity contribution < 1.29 is 13.2 Å². The van der Waals surface area contributed by atoms with E-state index >= 15 is 0 Å². The second-order valence-electron chi connectivity index (χ2n) is 5.92. The molecule has 1 saturated heterocycles. The summed E-state index contributed by atoms with van der Waals surface area (Å²) in [7, 11) is 0. The minimum Gasteiger partial charge on any atom is -0.356 e. The zero-order chi connectivity index (χ0) is 17.4. The van der Waals surface area contributed by atoms with Crippen molar-refractivity contribution in [2.45, 2.75) is 24.9 Å². The van der Waals surface area contributed by atoms with Gasteiger partial charge in [-0.1, -0.05) is 0 Å². The summed E-state index contributed by atoms with van der Waals surface area (Å²) >= 11 is 1.08. The van der Waals surface area contributed by atoms with E-state index in [1.165, 1.54) is 0 Å². The Hall–Kier alpha value is -2.29. The summed E-state index contributed by atoms with van der Waals surface area (Å²) in [6.07, 6.45) is 0.524. The van der Waals surface area contributed by atoms with E-state index in [2.05, 4.69) is 24.8 Å². The van der Waals surface area contributed by atoms with E-state index in [4.69, 9.17) is 0 Å². The molecule has 1 unspecified atom stereocenters. The maximum atomic E-state index is 12.8. The highest BCUT2D eigenvalue weighted by Gasteiger charge is 2.35. The molecule has 0 bridgehead atoms. The number of thiazole rings is 1. The van der Waals surface area contributed by atoms with Crippen LogP contribution in [0.1, 0.15) is 29.5 Å². The average Bonchev–Trinajstić information content (AvgIpc) is 3.12.